The van der Waals surface area contributed by atoms with Crippen molar-refractivity contribution in [3.05, 3.63) is 30.4 Å². The van der Waals surface area contributed by atoms with Gasteiger partial charge < -0.3 is 0 Å². The molecule has 1 aromatic rings. The Kier molecular flexibility index (Phi) is 6.05. The van der Waals surface area contributed by atoms with E-state index < -0.39 is 0 Å². The van der Waals surface area contributed by atoms with E-state index in [0.29, 0.717) is 0 Å². The topological polar surface area (TPSA) is 38.1 Å². The van der Waals surface area contributed by atoms with Crippen molar-refractivity contribution in [2.75, 3.05) is 0 Å². The summed E-state index contributed by atoms with van der Waals surface area (Å²) in [4.78, 5) is 13.1. The molecule has 0 amide bonds. The van der Waals surface area contributed by atoms with Crippen LogP contribution in [0.5, 0.6) is 0 Å². The molecule has 20 heavy (non-hydrogen) atoms. The van der Waals surface area contributed by atoms with Gasteiger partial charge in [0.05, 0.1) is 18.1 Å². The molecule has 0 aliphatic carbocycles. The number of hydrogen-bond donors (Lipinski definition) is 0. The van der Waals surface area contributed by atoms with E-state index in [0.717, 1.165) is 30.8 Å². The van der Waals surface area contributed by atoms with Gasteiger partial charge >= 0.3 is 0 Å². The van der Waals surface area contributed by atoms with Crippen molar-refractivity contribution in [3.63, 3.8) is 0 Å². The maximum Gasteiger partial charge on any atom is 0.128 e. The number of nitrogens with zero attached hydrogens (tertiary/aromatic N) is 3. The molecule has 0 N–H and O–H groups in total. The normalized spacial score (nSPS) is 13.7. The van der Waals surface area contributed by atoms with Crippen molar-refractivity contribution in [2.45, 2.75) is 53.9 Å². The third-order valence-corrected chi connectivity index (χ3v) is 3.01. The molecular formula is C17H27N3. The second-order valence-electron chi connectivity index (χ2n) is 6.57. The number of aromatic nitrogens is 2. The van der Waals surface area contributed by atoms with E-state index in [1.54, 1.807) is 12.4 Å². The second-order valence-corrected chi connectivity index (χ2v) is 6.57. The first-order valence-corrected chi connectivity index (χ1v) is 7.34. The van der Waals surface area contributed by atoms with E-state index in [1.165, 1.54) is 5.57 Å². The van der Waals surface area contributed by atoms with Gasteiger partial charge in [-0.15, -0.1) is 0 Å². The quantitative estimate of drug-likeness (QED) is 0.553. The SMILES string of the molecule is C=C(CC(C)(C)C)C(C)C=Nc1cnc(CCC)nc1. The Morgan fingerprint density at radius 1 is 1.35 bits per heavy atom. The van der Waals surface area contributed by atoms with Crippen molar-refractivity contribution in [1.29, 1.82) is 0 Å². The summed E-state index contributed by atoms with van der Waals surface area (Å²) in [6.45, 7) is 15.1. The van der Waals surface area contributed by atoms with E-state index in [9.17, 15) is 0 Å². The second kappa shape index (κ2) is 7.32. The van der Waals surface area contributed by atoms with E-state index in [2.05, 4.69) is 56.2 Å². The Balaban J connectivity index is 2.60. The molecule has 0 radical (unpaired) electrons. The highest BCUT2D eigenvalue weighted by molar-refractivity contribution is 5.68. The van der Waals surface area contributed by atoms with Crippen LogP contribution in [0.15, 0.2) is 29.5 Å². The molecule has 0 aromatic carbocycles. The first-order chi connectivity index (χ1) is 9.31. The smallest absolute Gasteiger partial charge is 0.128 e. The summed E-state index contributed by atoms with van der Waals surface area (Å²) in [5.41, 5.74) is 2.29. The molecule has 1 aromatic heterocycles. The average Bonchev–Trinajstić information content (AvgIpc) is 2.36. The summed E-state index contributed by atoms with van der Waals surface area (Å²) in [5, 5.41) is 0. The van der Waals surface area contributed by atoms with Crippen molar-refractivity contribution in [2.24, 2.45) is 16.3 Å². The van der Waals surface area contributed by atoms with Gasteiger partial charge in [-0.05, 0) is 18.3 Å². The van der Waals surface area contributed by atoms with Crippen LogP contribution in [0.3, 0.4) is 0 Å². The van der Waals surface area contributed by atoms with Crippen molar-refractivity contribution in [1.82, 2.24) is 9.97 Å². The average molecular weight is 273 g/mol. The molecule has 3 heteroatoms. The minimum atomic E-state index is 0.268. The fraction of sp³-hybridized carbons (Fsp3) is 0.588. The molecule has 0 saturated heterocycles. The van der Waals surface area contributed by atoms with Crippen LogP contribution < -0.4 is 0 Å². The number of rotatable bonds is 6. The number of aliphatic imine (C=N–C) groups is 1. The van der Waals surface area contributed by atoms with Gasteiger partial charge in [-0.3, -0.25) is 4.99 Å². The van der Waals surface area contributed by atoms with Gasteiger partial charge in [0.1, 0.15) is 5.82 Å². The van der Waals surface area contributed by atoms with E-state index in [4.69, 9.17) is 0 Å². The van der Waals surface area contributed by atoms with Crippen LogP contribution in [-0.4, -0.2) is 16.2 Å². The van der Waals surface area contributed by atoms with Crippen molar-refractivity contribution >= 4 is 11.9 Å². The van der Waals surface area contributed by atoms with Gasteiger partial charge in [-0.2, -0.15) is 0 Å². The molecule has 0 aliphatic rings. The lowest BCUT2D eigenvalue weighted by molar-refractivity contribution is 0.401. The molecule has 1 unspecified atom stereocenters. The molecule has 0 saturated carbocycles. The summed E-state index contributed by atoms with van der Waals surface area (Å²) >= 11 is 0. The fourth-order valence-electron chi connectivity index (χ4n) is 1.91. The molecule has 0 bridgehead atoms. The molecule has 1 heterocycles. The zero-order valence-corrected chi connectivity index (χ0v) is 13.5. The summed E-state index contributed by atoms with van der Waals surface area (Å²) in [7, 11) is 0. The van der Waals surface area contributed by atoms with Crippen LogP contribution in [0.2, 0.25) is 0 Å². The zero-order chi connectivity index (χ0) is 15.2. The van der Waals surface area contributed by atoms with E-state index in [1.807, 2.05) is 6.21 Å². The summed E-state index contributed by atoms with van der Waals surface area (Å²) in [6.07, 6.45) is 8.49. The van der Waals surface area contributed by atoms with Crippen LogP contribution in [0.4, 0.5) is 5.69 Å². The predicted molar refractivity (Wildman–Crippen MR) is 86.6 cm³/mol. The van der Waals surface area contributed by atoms with Crippen molar-refractivity contribution < 1.29 is 0 Å². The molecule has 0 spiro atoms. The molecule has 1 rings (SSSR count). The van der Waals surface area contributed by atoms with Crippen LogP contribution in [0.25, 0.3) is 0 Å². The van der Waals surface area contributed by atoms with Gasteiger partial charge in [0, 0.05) is 18.6 Å². The molecule has 110 valence electrons. The molecule has 0 aliphatic heterocycles. The van der Waals surface area contributed by atoms with Crippen LogP contribution in [-0.2, 0) is 6.42 Å². The number of hydrogen-bond acceptors (Lipinski definition) is 3. The maximum atomic E-state index is 4.45. The predicted octanol–water partition coefficient (Wildman–Crippen LogP) is 4.76. The van der Waals surface area contributed by atoms with Crippen molar-refractivity contribution in [3.8, 4) is 0 Å². The summed E-state index contributed by atoms with van der Waals surface area (Å²) in [5.74, 6) is 1.15. The Morgan fingerprint density at radius 3 is 2.45 bits per heavy atom. The van der Waals surface area contributed by atoms with Gasteiger partial charge in [-0.1, -0.05) is 46.8 Å². The standard InChI is InChI=1S/C17H27N3/c1-7-8-16-19-11-15(12-20-16)18-10-14(3)13(2)9-17(4,5)6/h10-12,14H,2,7-9H2,1,3-6H3. The lowest BCUT2D eigenvalue weighted by Crippen LogP contribution is -2.10. The Morgan fingerprint density at radius 2 is 1.95 bits per heavy atom. The minimum Gasteiger partial charge on any atom is -0.257 e. The van der Waals surface area contributed by atoms with Gasteiger partial charge in [0.2, 0.25) is 0 Å². The van der Waals surface area contributed by atoms with Gasteiger partial charge in [-0.25, -0.2) is 9.97 Å². The molecule has 3 nitrogen and oxygen atoms in total. The van der Waals surface area contributed by atoms with Crippen LogP contribution in [0, 0.1) is 11.3 Å². The highest BCUT2D eigenvalue weighted by atomic mass is 14.9. The summed E-state index contributed by atoms with van der Waals surface area (Å²) < 4.78 is 0. The highest BCUT2D eigenvalue weighted by Gasteiger charge is 2.14. The highest BCUT2D eigenvalue weighted by Crippen LogP contribution is 2.26. The molecule has 0 fully saturated rings. The maximum absolute atomic E-state index is 4.45. The monoisotopic (exact) mass is 273 g/mol. The lowest BCUT2D eigenvalue weighted by atomic mass is 9.84. The van der Waals surface area contributed by atoms with Gasteiger partial charge in [0.25, 0.3) is 0 Å². The molecule has 1 atom stereocenters. The lowest BCUT2D eigenvalue weighted by Gasteiger charge is -2.21. The van der Waals surface area contributed by atoms with E-state index in [-0.39, 0.29) is 11.3 Å². The Hall–Kier alpha value is -1.51. The largest absolute Gasteiger partial charge is 0.257 e. The first-order valence-electron chi connectivity index (χ1n) is 7.34. The number of allylic oxidation sites excluding steroid dienone is 1. The third kappa shape index (κ3) is 6.09. The molecular weight excluding hydrogens is 246 g/mol. The number of aryl methyl sites for hydroxylation is 1. The van der Waals surface area contributed by atoms with Crippen LogP contribution >= 0.6 is 0 Å². The van der Waals surface area contributed by atoms with Crippen LogP contribution in [0.1, 0.15) is 53.3 Å². The Labute approximate surface area is 123 Å². The fourth-order valence-corrected chi connectivity index (χ4v) is 1.91. The minimum absolute atomic E-state index is 0.268. The zero-order valence-electron chi connectivity index (χ0n) is 13.5. The Bertz CT molecular complexity index is 452. The first kappa shape index (κ1) is 16.5. The van der Waals surface area contributed by atoms with Gasteiger partial charge in [0.15, 0.2) is 0 Å². The third-order valence-electron chi connectivity index (χ3n) is 3.01. The van der Waals surface area contributed by atoms with E-state index >= 15 is 0 Å². The summed E-state index contributed by atoms with van der Waals surface area (Å²) in [6, 6.07) is 0.